The van der Waals surface area contributed by atoms with Gasteiger partial charge in [0, 0.05) is 6.54 Å². The molecule has 0 amide bonds. The monoisotopic (exact) mass is 232 g/mol. The van der Waals surface area contributed by atoms with Crippen molar-refractivity contribution in [1.82, 2.24) is 0 Å². The van der Waals surface area contributed by atoms with Gasteiger partial charge in [-0.25, -0.2) is 0 Å². The zero-order chi connectivity index (χ0) is 12.8. The molecule has 0 aliphatic carbocycles. The Labute approximate surface area is 101 Å². The highest BCUT2D eigenvalue weighted by molar-refractivity contribution is 5.74. The summed E-state index contributed by atoms with van der Waals surface area (Å²) in [5.41, 5.74) is 8.67. The molecule has 4 nitrogen and oxygen atoms in total. The summed E-state index contributed by atoms with van der Waals surface area (Å²) in [4.78, 5) is 11.5. The van der Waals surface area contributed by atoms with Gasteiger partial charge in [0.05, 0.1) is 24.7 Å². The minimum absolute atomic E-state index is 0.168. The maximum atomic E-state index is 11.5. The molecule has 0 heterocycles. The number of hydrogen-bond acceptors (Lipinski definition) is 4. The molecule has 0 spiro atoms. The van der Waals surface area contributed by atoms with Gasteiger partial charge in [0.2, 0.25) is 0 Å². The number of nitrogens with two attached hydrogens (primary N) is 1. The molecule has 0 fully saturated rings. The Morgan fingerprint density at radius 3 is 2.71 bits per heavy atom. The van der Waals surface area contributed by atoms with Gasteiger partial charge in [-0.3, -0.25) is 4.79 Å². The van der Waals surface area contributed by atoms with Crippen LogP contribution in [0.5, 0.6) is 0 Å². The number of esters is 1. The second-order valence-corrected chi connectivity index (χ2v) is 3.68. The molecule has 0 saturated heterocycles. The second kappa shape index (κ2) is 6.02. The molecular formula is C13H16N2O2. The van der Waals surface area contributed by atoms with Crippen molar-refractivity contribution in [2.45, 2.75) is 26.8 Å². The Kier molecular flexibility index (Phi) is 4.68. The first-order chi connectivity index (χ1) is 8.13. The first-order valence-electron chi connectivity index (χ1n) is 5.51. The number of rotatable bonds is 4. The molecule has 2 N–H and O–H groups in total. The third-order valence-corrected chi connectivity index (χ3v) is 2.62. The van der Waals surface area contributed by atoms with Crippen LogP contribution in [0.15, 0.2) is 12.1 Å². The van der Waals surface area contributed by atoms with Gasteiger partial charge >= 0.3 is 5.97 Å². The van der Waals surface area contributed by atoms with E-state index in [1.165, 1.54) is 0 Å². The highest BCUT2D eigenvalue weighted by atomic mass is 16.5. The van der Waals surface area contributed by atoms with Crippen molar-refractivity contribution >= 4 is 5.97 Å². The fourth-order valence-electron chi connectivity index (χ4n) is 1.75. The normalized spacial score (nSPS) is 9.76. The van der Waals surface area contributed by atoms with Crippen LogP contribution in [0.2, 0.25) is 0 Å². The Balaban J connectivity index is 3.13. The molecule has 1 aromatic carbocycles. The van der Waals surface area contributed by atoms with Gasteiger partial charge in [0.15, 0.2) is 0 Å². The van der Waals surface area contributed by atoms with E-state index in [9.17, 15) is 4.79 Å². The summed E-state index contributed by atoms with van der Waals surface area (Å²) in [5, 5.41) is 8.98. The van der Waals surface area contributed by atoms with E-state index < -0.39 is 0 Å². The fraction of sp³-hybridized carbons (Fsp3) is 0.385. The maximum Gasteiger partial charge on any atom is 0.310 e. The van der Waals surface area contributed by atoms with Crippen molar-refractivity contribution in [1.29, 1.82) is 5.26 Å². The average molecular weight is 232 g/mol. The molecule has 0 aromatic heterocycles. The summed E-state index contributed by atoms with van der Waals surface area (Å²) in [6.45, 7) is 4.27. The van der Waals surface area contributed by atoms with E-state index in [0.29, 0.717) is 12.2 Å². The van der Waals surface area contributed by atoms with E-state index in [4.69, 9.17) is 15.7 Å². The lowest BCUT2D eigenvalue weighted by molar-refractivity contribution is -0.142. The molecule has 90 valence electrons. The Morgan fingerprint density at radius 2 is 2.18 bits per heavy atom. The molecule has 0 bridgehead atoms. The summed E-state index contributed by atoms with van der Waals surface area (Å²) in [6, 6.07) is 5.64. The first kappa shape index (κ1) is 13.2. The predicted octanol–water partition coefficient (Wildman–Crippen LogP) is 1.43. The number of aryl methyl sites for hydroxylation is 1. The van der Waals surface area contributed by atoms with Gasteiger partial charge in [0.1, 0.15) is 0 Å². The van der Waals surface area contributed by atoms with Crippen molar-refractivity contribution in [3.05, 3.63) is 34.4 Å². The van der Waals surface area contributed by atoms with Crippen LogP contribution in [0.25, 0.3) is 0 Å². The number of hydrogen-bond donors (Lipinski definition) is 1. The molecule has 0 aliphatic heterocycles. The van der Waals surface area contributed by atoms with Crippen LogP contribution in [0.1, 0.15) is 29.2 Å². The average Bonchev–Trinajstić information content (AvgIpc) is 2.31. The van der Waals surface area contributed by atoms with E-state index in [2.05, 4.69) is 6.07 Å². The fourth-order valence-corrected chi connectivity index (χ4v) is 1.75. The minimum atomic E-state index is -0.291. The molecular weight excluding hydrogens is 216 g/mol. The van der Waals surface area contributed by atoms with Crippen LogP contribution in [0, 0.1) is 18.3 Å². The van der Waals surface area contributed by atoms with E-state index in [0.717, 1.165) is 16.7 Å². The topological polar surface area (TPSA) is 76.1 Å². The van der Waals surface area contributed by atoms with Gasteiger partial charge in [0.25, 0.3) is 0 Å². The number of nitriles is 1. The number of carbonyl (C=O) groups excluding carboxylic acids is 1. The Hall–Kier alpha value is -1.86. The molecule has 0 radical (unpaired) electrons. The Bertz CT molecular complexity index is 461. The lowest BCUT2D eigenvalue weighted by Crippen LogP contribution is -2.13. The number of benzene rings is 1. The molecule has 0 aliphatic rings. The van der Waals surface area contributed by atoms with Gasteiger partial charge in [-0.15, -0.1) is 0 Å². The van der Waals surface area contributed by atoms with E-state index in [-0.39, 0.29) is 18.9 Å². The van der Waals surface area contributed by atoms with E-state index >= 15 is 0 Å². The minimum Gasteiger partial charge on any atom is -0.466 e. The van der Waals surface area contributed by atoms with Crippen molar-refractivity contribution < 1.29 is 9.53 Å². The quantitative estimate of drug-likeness (QED) is 0.797. The molecule has 0 saturated carbocycles. The van der Waals surface area contributed by atoms with Crippen LogP contribution < -0.4 is 5.73 Å². The van der Waals surface area contributed by atoms with E-state index in [1.807, 2.05) is 13.0 Å². The van der Waals surface area contributed by atoms with Crippen molar-refractivity contribution in [3.8, 4) is 6.07 Å². The van der Waals surface area contributed by atoms with E-state index in [1.54, 1.807) is 13.0 Å². The van der Waals surface area contributed by atoms with Crippen LogP contribution in [0.4, 0.5) is 0 Å². The van der Waals surface area contributed by atoms with Crippen LogP contribution in [-0.2, 0) is 22.5 Å². The van der Waals surface area contributed by atoms with Crippen LogP contribution in [0.3, 0.4) is 0 Å². The van der Waals surface area contributed by atoms with Crippen molar-refractivity contribution in [2.75, 3.05) is 6.61 Å². The van der Waals surface area contributed by atoms with Crippen molar-refractivity contribution in [3.63, 3.8) is 0 Å². The molecule has 17 heavy (non-hydrogen) atoms. The van der Waals surface area contributed by atoms with Gasteiger partial charge < -0.3 is 10.5 Å². The van der Waals surface area contributed by atoms with Crippen LogP contribution in [-0.4, -0.2) is 12.6 Å². The second-order valence-electron chi connectivity index (χ2n) is 3.68. The molecule has 0 atom stereocenters. The summed E-state index contributed by atoms with van der Waals surface area (Å²) < 4.78 is 4.91. The first-order valence-corrected chi connectivity index (χ1v) is 5.51. The summed E-state index contributed by atoms with van der Waals surface area (Å²) >= 11 is 0. The lowest BCUT2D eigenvalue weighted by Gasteiger charge is -2.12. The predicted molar refractivity (Wildman–Crippen MR) is 64.1 cm³/mol. The number of carbonyl (C=O) groups is 1. The summed E-state index contributed by atoms with van der Waals surface area (Å²) in [6.07, 6.45) is 0.168. The summed E-state index contributed by atoms with van der Waals surface area (Å²) in [7, 11) is 0. The smallest absolute Gasteiger partial charge is 0.310 e. The maximum absolute atomic E-state index is 11.5. The zero-order valence-electron chi connectivity index (χ0n) is 10.1. The Morgan fingerprint density at radius 1 is 1.47 bits per heavy atom. The highest BCUT2D eigenvalue weighted by Gasteiger charge is 2.14. The van der Waals surface area contributed by atoms with Crippen LogP contribution >= 0.6 is 0 Å². The lowest BCUT2D eigenvalue weighted by atomic mass is 9.95. The third kappa shape index (κ3) is 3.05. The summed E-state index contributed by atoms with van der Waals surface area (Å²) in [5.74, 6) is -0.291. The number of ether oxygens (including phenoxy) is 1. The molecule has 1 aromatic rings. The highest BCUT2D eigenvalue weighted by Crippen LogP contribution is 2.19. The standard InChI is InChI=1S/C13H16N2O2/c1-3-17-13(16)6-11-9(2)4-5-10(7-14)12(11)8-15/h4-5H,3,6,8,15H2,1-2H3. The SMILES string of the molecule is CCOC(=O)Cc1c(C)ccc(C#N)c1CN. The van der Waals surface area contributed by atoms with Gasteiger partial charge in [-0.2, -0.15) is 5.26 Å². The largest absolute Gasteiger partial charge is 0.466 e. The molecule has 4 heteroatoms. The van der Waals surface area contributed by atoms with Crippen molar-refractivity contribution in [2.24, 2.45) is 5.73 Å². The molecule has 0 unspecified atom stereocenters. The molecule has 1 rings (SSSR count). The zero-order valence-corrected chi connectivity index (χ0v) is 10.1. The van der Waals surface area contributed by atoms with Gasteiger partial charge in [-0.1, -0.05) is 6.07 Å². The third-order valence-electron chi connectivity index (χ3n) is 2.62. The van der Waals surface area contributed by atoms with Gasteiger partial charge in [-0.05, 0) is 36.6 Å². The number of nitrogens with zero attached hydrogens (tertiary/aromatic N) is 1.